The molecule has 1 aromatic carbocycles. The minimum absolute atomic E-state index is 0.104. The van der Waals surface area contributed by atoms with Gasteiger partial charge in [0.05, 0.1) is 0 Å². The van der Waals surface area contributed by atoms with Crippen molar-refractivity contribution >= 4 is 44.5 Å². The van der Waals surface area contributed by atoms with E-state index in [-0.39, 0.29) is 16.0 Å². The van der Waals surface area contributed by atoms with E-state index in [1.54, 1.807) is 42.3 Å². The maximum absolute atomic E-state index is 12.8. The lowest BCUT2D eigenvalue weighted by atomic mass is 10.0. The van der Waals surface area contributed by atoms with E-state index in [1.807, 2.05) is 13.0 Å². The van der Waals surface area contributed by atoms with Crippen LogP contribution in [0.5, 0.6) is 0 Å². The maximum atomic E-state index is 12.8. The maximum Gasteiger partial charge on any atom is 0.250 e. The number of carbonyl (C=O) groups is 2. The third-order valence-corrected chi connectivity index (χ3v) is 7.66. The van der Waals surface area contributed by atoms with E-state index in [1.165, 1.54) is 6.07 Å². The molecule has 156 valence electrons. The summed E-state index contributed by atoms with van der Waals surface area (Å²) in [6.07, 6.45) is 1.40. The second kappa shape index (κ2) is 8.64. The zero-order valence-electron chi connectivity index (χ0n) is 16.6. The van der Waals surface area contributed by atoms with Gasteiger partial charge in [0.25, 0.3) is 10.0 Å². The predicted molar refractivity (Wildman–Crippen MR) is 115 cm³/mol. The Morgan fingerprint density at radius 2 is 2.00 bits per heavy atom. The number of carbonyl (C=O) groups excluding carboxylic acids is 2. The van der Waals surface area contributed by atoms with Crippen LogP contribution in [0.1, 0.15) is 32.3 Å². The van der Waals surface area contributed by atoms with Crippen LogP contribution in [-0.2, 0) is 19.6 Å². The second-order valence-corrected chi connectivity index (χ2v) is 10.3. The topological polar surface area (TPSA) is 95.6 Å². The van der Waals surface area contributed by atoms with Gasteiger partial charge in [-0.15, -0.1) is 11.3 Å². The van der Waals surface area contributed by atoms with Crippen molar-refractivity contribution in [1.29, 1.82) is 0 Å². The number of hydrogen-bond donors (Lipinski definition) is 2. The van der Waals surface area contributed by atoms with Crippen molar-refractivity contribution in [2.24, 2.45) is 5.92 Å². The summed E-state index contributed by atoms with van der Waals surface area (Å²) in [6.45, 7) is 6.16. The molecule has 3 rings (SSSR count). The summed E-state index contributed by atoms with van der Waals surface area (Å²) in [6, 6.07) is 7.58. The molecule has 1 aromatic heterocycles. The number of aryl methyl sites for hydroxylation is 1. The van der Waals surface area contributed by atoms with Crippen molar-refractivity contribution in [3.63, 3.8) is 0 Å². The molecule has 0 spiro atoms. The Bertz CT molecular complexity index is 1000. The van der Waals surface area contributed by atoms with Crippen molar-refractivity contribution in [2.75, 3.05) is 16.8 Å². The largest absolute Gasteiger partial charge is 0.325 e. The molecule has 2 heterocycles. The van der Waals surface area contributed by atoms with Gasteiger partial charge in [0, 0.05) is 24.3 Å². The van der Waals surface area contributed by atoms with Gasteiger partial charge in [-0.2, -0.15) is 4.72 Å². The fourth-order valence-corrected chi connectivity index (χ4v) is 5.65. The fourth-order valence-electron chi connectivity index (χ4n) is 3.29. The molecule has 0 aliphatic carbocycles. The molecular weight excluding hydrogens is 410 g/mol. The van der Waals surface area contributed by atoms with E-state index in [9.17, 15) is 18.0 Å². The summed E-state index contributed by atoms with van der Waals surface area (Å²) < 4.78 is 27.7. The molecule has 1 saturated heterocycles. The summed E-state index contributed by atoms with van der Waals surface area (Å²) in [7, 11) is -3.77. The van der Waals surface area contributed by atoms with Gasteiger partial charge >= 0.3 is 0 Å². The molecule has 2 aromatic rings. The SMILES string of the molecule is Cc1cc(NC(=O)C(NS(=O)(=O)c2cccs2)C(C)C)ccc1N1CCCC1=O. The molecular formula is C20H25N3O4S2. The van der Waals surface area contributed by atoms with E-state index in [2.05, 4.69) is 10.0 Å². The van der Waals surface area contributed by atoms with Crippen LogP contribution in [0.3, 0.4) is 0 Å². The number of benzene rings is 1. The molecule has 9 heteroatoms. The van der Waals surface area contributed by atoms with Crippen molar-refractivity contribution < 1.29 is 18.0 Å². The van der Waals surface area contributed by atoms with Crippen LogP contribution in [0, 0.1) is 12.8 Å². The highest BCUT2D eigenvalue weighted by atomic mass is 32.2. The van der Waals surface area contributed by atoms with E-state index < -0.39 is 22.0 Å². The summed E-state index contributed by atoms with van der Waals surface area (Å²) in [5.74, 6) is -0.565. The van der Waals surface area contributed by atoms with Crippen molar-refractivity contribution in [3.8, 4) is 0 Å². The summed E-state index contributed by atoms with van der Waals surface area (Å²) >= 11 is 1.10. The van der Waals surface area contributed by atoms with Crippen molar-refractivity contribution in [1.82, 2.24) is 4.72 Å². The Hall–Kier alpha value is -2.23. The van der Waals surface area contributed by atoms with Gasteiger partial charge in [0.15, 0.2) is 0 Å². The molecule has 7 nitrogen and oxygen atoms in total. The minimum atomic E-state index is -3.77. The molecule has 2 amide bonds. The number of nitrogens with one attached hydrogen (secondary N) is 2. The molecule has 29 heavy (non-hydrogen) atoms. The Kier molecular flexibility index (Phi) is 6.40. The van der Waals surface area contributed by atoms with Crippen molar-refractivity contribution in [2.45, 2.75) is 43.9 Å². The van der Waals surface area contributed by atoms with E-state index in [0.717, 1.165) is 29.0 Å². The molecule has 1 fully saturated rings. The molecule has 0 radical (unpaired) electrons. The van der Waals surface area contributed by atoms with Gasteiger partial charge in [0.2, 0.25) is 11.8 Å². The number of rotatable bonds is 7. The average Bonchev–Trinajstić information content (AvgIpc) is 3.32. The van der Waals surface area contributed by atoms with Gasteiger partial charge in [0.1, 0.15) is 10.3 Å². The summed E-state index contributed by atoms with van der Waals surface area (Å²) in [5.41, 5.74) is 2.27. The zero-order chi connectivity index (χ0) is 21.2. The summed E-state index contributed by atoms with van der Waals surface area (Å²) in [5, 5.41) is 4.47. The quantitative estimate of drug-likeness (QED) is 0.698. The predicted octanol–water partition coefficient (Wildman–Crippen LogP) is 3.12. The van der Waals surface area contributed by atoms with Gasteiger partial charge < -0.3 is 10.2 Å². The number of sulfonamides is 1. The molecule has 0 bridgehead atoms. The smallest absolute Gasteiger partial charge is 0.250 e. The highest BCUT2D eigenvalue weighted by Crippen LogP contribution is 2.27. The van der Waals surface area contributed by atoms with Crippen LogP contribution in [0.25, 0.3) is 0 Å². The highest BCUT2D eigenvalue weighted by Gasteiger charge is 2.29. The molecule has 1 atom stereocenters. The van der Waals surface area contributed by atoms with Crippen LogP contribution < -0.4 is 14.9 Å². The lowest BCUT2D eigenvalue weighted by Crippen LogP contribution is -2.46. The number of anilines is 2. The monoisotopic (exact) mass is 435 g/mol. The number of thiophene rings is 1. The lowest BCUT2D eigenvalue weighted by Gasteiger charge is -2.22. The van der Waals surface area contributed by atoms with Gasteiger partial charge in [-0.05, 0) is 54.5 Å². The third kappa shape index (κ3) is 4.85. The minimum Gasteiger partial charge on any atom is -0.325 e. The Morgan fingerprint density at radius 1 is 1.24 bits per heavy atom. The normalized spacial score (nSPS) is 15.7. The van der Waals surface area contributed by atoms with Crippen LogP contribution in [0.2, 0.25) is 0 Å². The first-order valence-corrected chi connectivity index (χ1v) is 11.8. The molecule has 2 N–H and O–H groups in total. The van der Waals surface area contributed by atoms with Crippen LogP contribution >= 0.6 is 11.3 Å². The Labute approximate surface area is 175 Å². The number of nitrogens with zero attached hydrogens (tertiary/aromatic N) is 1. The number of hydrogen-bond acceptors (Lipinski definition) is 5. The average molecular weight is 436 g/mol. The lowest BCUT2D eigenvalue weighted by molar-refractivity contribution is -0.119. The van der Waals surface area contributed by atoms with Crippen LogP contribution in [0.4, 0.5) is 11.4 Å². The Balaban J connectivity index is 1.75. The Morgan fingerprint density at radius 3 is 2.55 bits per heavy atom. The summed E-state index contributed by atoms with van der Waals surface area (Å²) in [4.78, 5) is 26.5. The molecule has 1 aliphatic rings. The molecule has 1 aliphatic heterocycles. The standard InChI is InChI=1S/C20H25N3O4S2/c1-13(2)19(22-29(26,27)18-7-5-11-28-18)20(25)21-15-8-9-16(14(3)12-15)23-10-4-6-17(23)24/h5,7-9,11-13,19,22H,4,6,10H2,1-3H3,(H,21,25). The first-order chi connectivity index (χ1) is 13.7. The number of amides is 2. The fraction of sp³-hybridized carbons (Fsp3) is 0.400. The van der Waals surface area contributed by atoms with E-state index >= 15 is 0 Å². The van der Waals surface area contributed by atoms with Gasteiger partial charge in [-0.25, -0.2) is 8.42 Å². The molecule has 1 unspecified atom stereocenters. The van der Waals surface area contributed by atoms with Crippen molar-refractivity contribution in [3.05, 3.63) is 41.3 Å². The first-order valence-electron chi connectivity index (χ1n) is 9.47. The molecule has 0 saturated carbocycles. The van der Waals surface area contributed by atoms with E-state index in [4.69, 9.17) is 0 Å². The van der Waals surface area contributed by atoms with Gasteiger partial charge in [-0.3, -0.25) is 9.59 Å². The van der Waals surface area contributed by atoms with Crippen LogP contribution in [0.15, 0.2) is 39.9 Å². The van der Waals surface area contributed by atoms with E-state index in [0.29, 0.717) is 18.7 Å². The zero-order valence-corrected chi connectivity index (χ0v) is 18.3. The third-order valence-electron chi connectivity index (χ3n) is 4.82. The van der Waals surface area contributed by atoms with Gasteiger partial charge in [-0.1, -0.05) is 19.9 Å². The van der Waals surface area contributed by atoms with Crippen LogP contribution in [-0.4, -0.2) is 32.8 Å². The highest BCUT2D eigenvalue weighted by molar-refractivity contribution is 7.91. The second-order valence-electron chi connectivity index (χ2n) is 7.41. The first kappa shape index (κ1) is 21.5.